The minimum absolute atomic E-state index is 0.731. The number of pyridine rings is 1. The highest BCUT2D eigenvalue weighted by molar-refractivity contribution is 9.10. The first-order valence-corrected chi connectivity index (χ1v) is 11.4. The van der Waals surface area contributed by atoms with Crippen molar-refractivity contribution in [3.05, 3.63) is 100 Å². The summed E-state index contributed by atoms with van der Waals surface area (Å²) >= 11 is 9.91. The SMILES string of the molecule is Clc1cc(Br)cc(-c2ccc3c(c2)c2ccc4cccc5c6ccccc6n3c2c45)c1. The molecule has 3 heteroatoms. The number of fused-ring (bicyclic) bond motifs is 6. The molecular formula is C28H15BrClN. The second-order valence-electron chi connectivity index (χ2n) is 8.11. The van der Waals surface area contributed by atoms with E-state index < -0.39 is 0 Å². The normalized spacial score (nSPS) is 12.2. The van der Waals surface area contributed by atoms with E-state index in [0.717, 1.165) is 20.6 Å². The molecule has 0 aliphatic heterocycles. The van der Waals surface area contributed by atoms with Crippen LogP contribution in [0.5, 0.6) is 0 Å². The molecule has 146 valence electrons. The highest BCUT2D eigenvalue weighted by Gasteiger charge is 2.18. The van der Waals surface area contributed by atoms with E-state index in [9.17, 15) is 0 Å². The number of para-hydroxylation sites is 1. The second-order valence-corrected chi connectivity index (χ2v) is 9.46. The van der Waals surface area contributed by atoms with Gasteiger partial charge in [0, 0.05) is 31.0 Å². The van der Waals surface area contributed by atoms with Crippen LogP contribution < -0.4 is 0 Å². The zero-order valence-electron chi connectivity index (χ0n) is 16.4. The summed E-state index contributed by atoms with van der Waals surface area (Å²) < 4.78 is 3.42. The molecule has 0 N–H and O–H groups in total. The maximum absolute atomic E-state index is 6.33. The fraction of sp³-hybridized carbons (Fsp3) is 0. The van der Waals surface area contributed by atoms with Crippen LogP contribution in [0.15, 0.2) is 95.5 Å². The van der Waals surface area contributed by atoms with E-state index in [0.29, 0.717) is 0 Å². The molecule has 0 radical (unpaired) electrons. The predicted octanol–water partition coefficient (Wildman–Crippen LogP) is 9.07. The van der Waals surface area contributed by atoms with Crippen LogP contribution in [0, 0.1) is 0 Å². The van der Waals surface area contributed by atoms with Gasteiger partial charge in [0.1, 0.15) is 0 Å². The number of nitrogens with zero attached hydrogens (tertiary/aromatic N) is 1. The van der Waals surface area contributed by atoms with Gasteiger partial charge < -0.3 is 4.40 Å². The maximum atomic E-state index is 6.33. The first kappa shape index (κ1) is 17.6. The molecule has 0 fully saturated rings. The van der Waals surface area contributed by atoms with Crippen molar-refractivity contribution in [2.45, 2.75) is 0 Å². The summed E-state index contributed by atoms with van der Waals surface area (Å²) in [6.07, 6.45) is 0. The molecule has 1 nitrogen and oxygen atoms in total. The van der Waals surface area contributed by atoms with Crippen LogP contribution in [0.25, 0.3) is 60.0 Å². The fourth-order valence-corrected chi connectivity index (χ4v) is 6.01. The molecule has 31 heavy (non-hydrogen) atoms. The van der Waals surface area contributed by atoms with Gasteiger partial charge in [-0.25, -0.2) is 0 Å². The Labute approximate surface area is 191 Å². The van der Waals surface area contributed by atoms with Crippen LogP contribution in [0.4, 0.5) is 0 Å². The average Bonchev–Trinajstić information content (AvgIpc) is 3.12. The molecule has 0 saturated heterocycles. The molecule has 7 aromatic rings. The topological polar surface area (TPSA) is 4.41 Å². The summed E-state index contributed by atoms with van der Waals surface area (Å²) in [4.78, 5) is 0. The molecule has 0 aliphatic rings. The number of hydrogen-bond donors (Lipinski definition) is 0. The van der Waals surface area contributed by atoms with Gasteiger partial charge in [-0.05, 0) is 58.3 Å². The number of aromatic nitrogens is 1. The second kappa shape index (κ2) is 6.23. The standard InChI is InChI=1S/C28H15BrClN/c29-19-12-18(13-20(30)15-19)17-9-11-26-24(14-17)23-10-8-16-4-3-6-22-21-5-1-2-7-25(21)31(26)28(23)27(16)22/h1-15H. The number of rotatable bonds is 1. The van der Waals surface area contributed by atoms with E-state index in [1.807, 2.05) is 12.1 Å². The minimum atomic E-state index is 0.731. The molecule has 0 aliphatic carbocycles. The van der Waals surface area contributed by atoms with Crippen molar-refractivity contribution >= 4 is 76.4 Å². The van der Waals surface area contributed by atoms with Crippen molar-refractivity contribution in [3.8, 4) is 11.1 Å². The Morgan fingerprint density at radius 3 is 2.35 bits per heavy atom. The van der Waals surface area contributed by atoms with E-state index in [1.54, 1.807) is 0 Å². The molecule has 2 aromatic heterocycles. The largest absolute Gasteiger partial charge is 0.308 e. The molecule has 0 unspecified atom stereocenters. The van der Waals surface area contributed by atoms with Gasteiger partial charge >= 0.3 is 0 Å². The molecule has 2 heterocycles. The quantitative estimate of drug-likeness (QED) is 0.163. The van der Waals surface area contributed by atoms with Crippen molar-refractivity contribution in [1.29, 1.82) is 0 Å². The Morgan fingerprint density at radius 2 is 1.45 bits per heavy atom. The summed E-state index contributed by atoms with van der Waals surface area (Å²) in [7, 11) is 0. The lowest BCUT2D eigenvalue weighted by Gasteiger charge is -2.12. The lowest BCUT2D eigenvalue weighted by Crippen LogP contribution is -1.91. The third-order valence-electron chi connectivity index (χ3n) is 6.40. The van der Waals surface area contributed by atoms with Crippen molar-refractivity contribution in [2.75, 3.05) is 0 Å². The molecular weight excluding hydrogens is 466 g/mol. The van der Waals surface area contributed by atoms with Crippen molar-refractivity contribution in [1.82, 2.24) is 4.40 Å². The first-order valence-electron chi connectivity index (χ1n) is 10.3. The van der Waals surface area contributed by atoms with Gasteiger partial charge in [0.05, 0.1) is 16.6 Å². The van der Waals surface area contributed by atoms with Gasteiger partial charge in [-0.15, -0.1) is 0 Å². The maximum Gasteiger partial charge on any atom is 0.0625 e. The number of halogens is 2. The van der Waals surface area contributed by atoms with Crippen LogP contribution in [0.2, 0.25) is 5.02 Å². The van der Waals surface area contributed by atoms with Crippen LogP contribution >= 0.6 is 27.5 Å². The zero-order valence-corrected chi connectivity index (χ0v) is 18.7. The lowest BCUT2D eigenvalue weighted by atomic mass is 9.98. The first-order chi connectivity index (χ1) is 15.2. The van der Waals surface area contributed by atoms with Crippen LogP contribution in [0.3, 0.4) is 0 Å². The van der Waals surface area contributed by atoms with E-state index in [2.05, 4.69) is 99.2 Å². The molecule has 0 bridgehead atoms. The average molecular weight is 481 g/mol. The van der Waals surface area contributed by atoms with Gasteiger partial charge in [-0.3, -0.25) is 0 Å². The Balaban J connectivity index is 1.71. The summed E-state index contributed by atoms with van der Waals surface area (Å²) in [6, 6.07) is 32.7. The summed E-state index contributed by atoms with van der Waals surface area (Å²) in [5.41, 5.74) is 6.04. The monoisotopic (exact) mass is 479 g/mol. The predicted molar refractivity (Wildman–Crippen MR) is 137 cm³/mol. The van der Waals surface area contributed by atoms with E-state index in [4.69, 9.17) is 11.6 Å². The molecule has 0 spiro atoms. The third-order valence-corrected chi connectivity index (χ3v) is 7.08. The van der Waals surface area contributed by atoms with Gasteiger partial charge in [0.15, 0.2) is 0 Å². The molecule has 7 rings (SSSR count). The number of hydrogen-bond acceptors (Lipinski definition) is 0. The van der Waals surface area contributed by atoms with Crippen LogP contribution in [-0.4, -0.2) is 4.40 Å². The Hall–Kier alpha value is -3.07. The van der Waals surface area contributed by atoms with E-state index >= 15 is 0 Å². The van der Waals surface area contributed by atoms with Crippen molar-refractivity contribution < 1.29 is 0 Å². The molecule has 0 amide bonds. The zero-order chi connectivity index (χ0) is 20.7. The van der Waals surface area contributed by atoms with Crippen LogP contribution in [-0.2, 0) is 0 Å². The van der Waals surface area contributed by atoms with E-state index in [-0.39, 0.29) is 0 Å². The van der Waals surface area contributed by atoms with Gasteiger partial charge in [-0.2, -0.15) is 0 Å². The third kappa shape index (κ3) is 2.38. The Kier molecular flexibility index (Phi) is 3.53. The number of benzene rings is 5. The van der Waals surface area contributed by atoms with Crippen molar-refractivity contribution in [2.24, 2.45) is 0 Å². The highest BCUT2D eigenvalue weighted by atomic mass is 79.9. The van der Waals surface area contributed by atoms with Gasteiger partial charge in [-0.1, -0.05) is 82.1 Å². The lowest BCUT2D eigenvalue weighted by molar-refractivity contribution is 1.35. The summed E-state index contributed by atoms with van der Waals surface area (Å²) in [5, 5.41) is 8.49. The molecule has 5 aromatic carbocycles. The highest BCUT2D eigenvalue weighted by Crippen LogP contribution is 2.42. The van der Waals surface area contributed by atoms with Crippen LogP contribution in [0.1, 0.15) is 0 Å². The van der Waals surface area contributed by atoms with Gasteiger partial charge in [0.25, 0.3) is 0 Å². The molecule has 0 atom stereocenters. The Morgan fingerprint density at radius 1 is 0.613 bits per heavy atom. The van der Waals surface area contributed by atoms with Gasteiger partial charge in [0.2, 0.25) is 0 Å². The summed E-state index contributed by atoms with van der Waals surface area (Å²) in [6.45, 7) is 0. The Bertz CT molecular complexity index is 1780. The van der Waals surface area contributed by atoms with E-state index in [1.165, 1.54) is 48.9 Å². The molecule has 0 saturated carbocycles. The smallest absolute Gasteiger partial charge is 0.0625 e. The summed E-state index contributed by atoms with van der Waals surface area (Å²) in [5.74, 6) is 0. The fourth-order valence-electron chi connectivity index (χ4n) is 5.15. The minimum Gasteiger partial charge on any atom is -0.308 e. The van der Waals surface area contributed by atoms with Crippen molar-refractivity contribution in [3.63, 3.8) is 0 Å².